The Morgan fingerprint density at radius 1 is 1.11 bits per heavy atom. The normalized spacial score (nSPS) is 18.1. The number of aliphatic hydroxyl groups is 1. The summed E-state index contributed by atoms with van der Waals surface area (Å²) in [5.41, 5.74) is 0. The first-order chi connectivity index (χ1) is 8.47. The van der Waals surface area contributed by atoms with Crippen molar-refractivity contribution in [2.24, 2.45) is 5.92 Å². The van der Waals surface area contributed by atoms with Crippen molar-refractivity contribution >= 4 is 11.9 Å². The van der Waals surface area contributed by atoms with Gasteiger partial charge in [-0.15, -0.1) is 0 Å². The Morgan fingerprint density at radius 2 is 1.61 bits per heavy atom. The van der Waals surface area contributed by atoms with Gasteiger partial charge in [-0.3, -0.25) is 14.5 Å². The average molecular weight is 259 g/mol. The number of rotatable bonds is 8. The number of hydrogen-bond donors (Lipinski definition) is 3. The molecule has 0 heterocycles. The molecule has 1 fully saturated rings. The second-order valence-corrected chi connectivity index (χ2v) is 5.00. The molecular formula is C12H21NO5. The largest absolute Gasteiger partial charge is 0.480 e. The van der Waals surface area contributed by atoms with E-state index in [1.54, 1.807) is 0 Å². The Hall–Kier alpha value is -1.14. The van der Waals surface area contributed by atoms with Gasteiger partial charge in [0, 0.05) is 6.54 Å². The van der Waals surface area contributed by atoms with Crippen LogP contribution in [0.5, 0.6) is 0 Å². The number of carbonyl (C=O) groups is 2. The summed E-state index contributed by atoms with van der Waals surface area (Å²) in [6, 6.07) is 0. The lowest BCUT2D eigenvalue weighted by Gasteiger charge is -2.23. The zero-order valence-electron chi connectivity index (χ0n) is 10.4. The fraction of sp³-hybridized carbons (Fsp3) is 0.833. The van der Waals surface area contributed by atoms with Gasteiger partial charge in [-0.2, -0.15) is 0 Å². The lowest BCUT2D eigenvalue weighted by Crippen LogP contribution is -2.40. The molecule has 0 aliphatic heterocycles. The van der Waals surface area contributed by atoms with Crippen LogP contribution in [-0.4, -0.2) is 57.9 Å². The average Bonchev–Trinajstić information content (AvgIpc) is 2.67. The lowest BCUT2D eigenvalue weighted by molar-refractivity contribution is -0.142. The van der Waals surface area contributed by atoms with Crippen LogP contribution in [0.1, 0.15) is 32.1 Å². The number of aliphatic hydroxyl groups excluding tert-OH is 1. The minimum Gasteiger partial charge on any atom is -0.480 e. The third kappa shape index (κ3) is 5.97. The van der Waals surface area contributed by atoms with Crippen molar-refractivity contribution in [2.45, 2.75) is 38.2 Å². The Bertz CT molecular complexity index is 272. The molecule has 3 N–H and O–H groups in total. The van der Waals surface area contributed by atoms with Crippen molar-refractivity contribution in [1.29, 1.82) is 0 Å². The smallest absolute Gasteiger partial charge is 0.317 e. The van der Waals surface area contributed by atoms with Crippen LogP contribution >= 0.6 is 0 Å². The number of aliphatic carboxylic acids is 2. The lowest BCUT2D eigenvalue weighted by atomic mass is 10.00. The second-order valence-electron chi connectivity index (χ2n) is 5.00. The molecule has 1 saturated carbocycles. The van der Waals surface area contributed by atoms with Gasteiger partial charge in [0.25, 0.3) is 0 Å². The van der Waals surface area contributed by atoms with Gasteiger partial charge in [0.15, 0.2) is 0 Å². The van der Waals surface area contributed by atoms with Gasteiger partial charge >= 0.3 is 11.9 Å². The van der Waals surface area contributed by atoms with Gasteiger partial charge in [0.05, 0.1) is 19.2 Å². The molecule has 0 bridgehead atoms. The molecule has 6 nitrogen and oxygen atoms in total. The number of carboxylic acids is 2. The molecule has 1 atom stereocenters. The van der Waals surface area contributed by atoms with E-state index in [0.717, 1.165) is 12.8 Å². The molecule has 1 aliphatic carbocycles. The van der Waals surface area contributed by atoms with Gasteiger partial charge in [-0.05, 0) is 12.3 Å². The predicted octanol–water partition coefficient (Wildman–Crippen LogP) is 0.399. The molecule has 0 spiro atoms. The first kappa shape index (κ1) is 14.9. The van der Waals surface area contributed by atoms with E-state index >= 15 is 0 Å². The zero-order valence-corrected chi connectivity index (χ0v) is 10.4. The van der Waals surface area contributed by atoms with Crippen molar-refractivity contribution in [3.8, 4) is 0 Å². The fourth-order valence-corrected chi connectivity index (χ4v) is 2.57. The summed E-state index contributed by atoms with van der Waals surface area (Å²) in [6.45, 7) is -0.600. The van der Waals surface area contributed by atoms with E-state index in [9.17, 15) is 14.7 Å². The van der Waals surface area contributed by atoms with E-state index in [0.29, 0.717) is 12.3 Å². The summed E-state index contributed by atoms with van der Waals surface area (Å²) in [6.07, 6.45) is 4.57. The Balaban J connectivity index is 2.37. The van der Waals surface area contributed by atoms with E-state index in [2.05, 4.69) is 0 Å². The van der Waals surface area contributed by atoms with Crippen LogP contribution in [0.2, 0.25) is 0 Å². The number of hydrogen-bond acceptors (Lipinski definition) is 4. The van der Waals surface area contributed by atoms with Gasteiger partial charge in [-0.25, -0.2) is 0 Å². The maximum Gasteiger partial charge on any atom is 0.317 e. The van der Waals surface area contributed by atoms with E-state index in [4.69, 9.17) is 10.2 Å². The first-order valence-corrected chi connectivity index (χ1v) is 6.31. The zero-order chi connectivity index (χ0) is 13.5. The van der Waals surface area contributed by atoms with Gasteiger partial charge in [-0.1, -0.05) is 25.7 Å². The standard InChI is InChI=1S/C12H21NO5/c14-10(5-9-3-1-2-4-9)6-13(7-11(15)16)8-12(17)18/h9-10,14H,1-8H2,(H,15,16)(H,17,18). The number of nitrogens with zero attached hydrogens (tertiary/aromatic N) is 1. The van der Waals surface area contributed by atoms with E-state index < -0.39 is 18.0 Å². The molecule has 0 aromatic heterocycles. The molecule has 104 valence electrons. The van der Waals surface area contributed by atoms with E-state index in [1.165, 1.54) is 17.7 Å². The van der Waals surface area contributed by atoms with E-state index in [-0.39, 0.29) is 19.6 Å². The molecule has 0 radical (unpaired) electrons. The highest BCUT2D eigenvalue weighted by Gasteiger charge is 2.22. The van der Waals surface area contributed by atoms with Crippen LogP contribution in [-0.2, 0) is 9.59 Å². The molecular weight excluding hydrogens is 238 g/mol. The van der Waals surface area contributed by atoms with Crippen LogP contribution in [0, 0.1) is 5.92 Å². The van der Waals surface area contributed by atoms with E-state index in [1.807, 2.05) is 0 Å². The molecule has 1 rings (SSSR count). The van der Waals surface area contributed by atoms with Gasteiger partial charge < -0.3 is 15.3 Å². The minimum atomic E-state index is -1.08. The molecule has 0 aromatic rings. The molecule has 6 heteroatoms. The van der Waals surface area contributed by atoms with Crippen molar-refractivity contribution in [3.63, 3.8) is 0 Å². The fourth-order valence-electron chi connectivity index (χ4n) is 2.57. The molecule has 0 saturated heterocycles. The summed E-state index contributed by atoms with van der Waals surface area (Å²) < 4.78 is 0. The summed E-state index contributed by atoms with van der Waals surface area (Å²) in [7, 11) is 0. The van der Waals surface area contributed by atoms with Crippen molar-refractivity contribution in [2.75, 3.05) is 19.6 Å². The Morgan fingerprint density at radius 3 is 2.06 bits per heavy atom. The topological polar surface area (TPSA) is 98.1 Å². The summed E-state index contributed by atoms with van der Waals surface area (Å²) in [4.78, 5) is 22.5. The van der Waals surface area contributed by atoms with Crippen molar-refractivity contribution in [1.82, 2.24) is 4.90 Å². The highest BCUT2D eigenvalue weighted by molar-refractivity contribution is 5.72. The predicted molar refractivity (Wildman–Crippen MR) is 64.3 cm³/mol. The van der Waals surface area contributed by atoms with Crippen molar-refractivity contribution < 1.29 is 24.9 Å². The molecule has 1 aliphatic rings. The molecule has 0 aromatic carbocycles. The quantitative estimate of drug-likeness (QED) is 0.583. The summed E-state index contributed by atoms with van der Waals surface area (Å²) >= 11 is 0. The number of carboxylic acid groups (broad SMARTS) is 2. The van der Waals surface area contributed by atoms with Gasteiger partial charge in [0.1, 0.15) is 0 Å². The third-order valence-corrected chi connectivity index (χ3v) is 3.27. The first-order valence-electron chi connectivity index (χ1n) is 6.31. The van der Waals surface area contributed by atoms with Crippen LogP contribution < -0.4 is 0 Å². The van der Waals surface area contributed by atoms with Gasteiger partial charge in [0.2, 0.25) is 0 Å². The maximum atomic E-state index is 10.6. The highest BCUT2D eigenvalue weighted by Crippen LogP contribution is 2.28. The van der Waals surface area contributed by atoms with Crippen LogP contribution in [0.15, 0.2) is 0 Å². The summed E-state index contributed by atoms with van der Waals surface area (Å²) in [5, 5.41) is 27.2. The molecule has 0 amide bonds. The third-order valence-electron chi connectivity index (χ3n) is 3.27. The second kappa shape index (κ2) is 7.33. The Kier molecular flexibility index (Phi) is 6.07. The van der Waals surface area contributed by atoms with Crippen LogP contribution in [0.3, 0.4) is 0 Å². The van der Waals surface area contributed by atoms with Crippen LogP contribution in [0.4, 0.5) is 0 Å². The monoisotopic (exact) mass is 259 g/mol. The highest BCUT2D eigenvalue weighted by atomic mass is 16.4. The SMILES string of the molecule is O=C(O)CN(CC(=O)O)CC(O)CC1CCCC1. The van der Waals surface area contributed by atoms with Crippen molar-refractivity contribution in [3.05, 3.63) is 0 Å². The molecule has 1 unspecified atom stereocenters. The Labute approximate surface area is 106 Å². The maximum absolute atomic E-state index is 10.6. The summed E-state index contributed by atoms with van der Waals surface area (Å²) in [5.74, 6) is -1.66. The molecule has 18 heavy (non-hydrogen) atoms. The minimum absolute atomic E-state index is 0.106. The van der Waals surface area contributed by atoms with Crippen LogP contribution in [0.25, 0.3) is 0 Å².